The molecule has 0 saturated carbocycles. The molecule has 2 nitrogen and oxygen atoms in total. The van der Waals surface area contributed by atoms with Crippen molar-refractivity contribution >= 4 is 0 Å². The predicted molar refractivity (Wildman–Crippen MR) is 86.6 cm³/mol. The molecule has 0 aromatic heterocycles. The van der Waals surface area contributed by atoms with Gasteiger partial charge in [0.15, 0.2) is 0 Å². The molecule has 2 heteroatoms. The number of aryl methyl sites for hydroxylation is 1. The number of para-hydroxylation sites is 1. The van der Waals surface area contributed by atoms with Crippen LogP contribution in [0.5, 0.6) is 5.75 Å². The molecular formula is C19H24O2. The van der Waals surface area contributed by atoms with E-state index in [9.17, 15) is 10.2 Å². The number of hydrogen-bond acceptors (Lipinski definition) is 2. The third-order valence-corrected chi connectivity index (χ3v) is 3.91. The van der Waals surface area contributed by atoms with Gasteiger partial charge in [0, 0.05) is 11.5 Å². The molecule has 0 spiro atoms. The zero-order valence-corrected chi connectivity index (χ0v) is 13.2. The molecule has 0 bridgehead atoms. The van der Waals surface area contributed by atoms with E-state index >= 15 is 0 Å². The van der Waals surface area contributed by atoms with Crippen LogP contribution < -0.4 is 0 Å². The third-order valence-electron chi connectivity index (χ3n) is 3.91. The lowest BCUT2D eigenvalue weighted by Gasteiger charge is -2.34. The molecule has 0 unspecified atom stereocenters. The van der Waals surface area contributed by atoms with Crippen molar-refractivity contribution < 1.29 is 10.2 Å². The van der Waals surface area contributed by atoms with Crippen LogP contribution in [0.25, 0.3) is 0 Å². The summed E-state index contributed by atoms with van der Waals surface area (Å²) in [6, 6.07) is 15.4. The first kappa shape index (κ1) is 15.6. The van der Waals surface area contributed by atoms with E-state index in [2.05, 4.69) is 0 Å². The minimum atomic E-state index is -0.589. The highest BCUT2D eigenvalue weighted by Gasteiger charge is 2.33. The summed E-state index contributed by atoms with van der Waals surface area (Å²) in [5, 5.41) is 21.0. The molecule has 0 aliphatic heterocycles. The summed E-state index contributed by atoms with van der Waals surface area (Å²) in [6.45, 7) is 8.08. The SMILES string of the molecule is Cc1ccc([C@@H](c2ccccc2O)[C@H](O)C(C)(C)C)cc1. The van der Waals surface area contributed by atoms with Crippen LogP contribution >= 0.6 is 0 Å². The second-order valence-electron chi connectivity index (χ2n) is 6.76. The Morgan fingerprint density at radius 2 is 1.48 bits per heavy atom. The largest absolute Gasteiger partial charge is 0.508 e. The maximum absolute atomic E-state index is 10.8. The van der Waals surface area contributed by atoms with Gasteiger partial charge in [-0.1, -0.05) is 68.8 Å². The maximum Gasteiger partial charge on any atom is 0.119 e. The molecule has 112 valence electrons. The smallest absolute Gasteiger partial charge is 0.119 e. The second kappa shape index (κ2) is 5.90. The van der Waals surface area contributed by atoms with Crippen molar-refractivity contribution in [3.05, 3.63) is 65.2 Å². The fourth-order valence-electron chi connectivity index (χ4n) is 2.56. The van der Waals surface area contributed by atoms with Crippen molar-refractivity contribution in [1.82, 2.24) is 0 Å². The molecule has 2 atom stereocenters. The Balaban J connectivity index is 2.55. The Bertz CT molecular complexity index is 594. The van der Waals surface area contributed by atoms with Gasteiger partial charge in [0.25, 0.3) is 0 Å². The molecule has 2 N–H and O–H groups in total. The van der Waals surface area contributed by atoms with E-state index in [1.54, 1.807) is 12.1 Å². The number of phenols is 1. The van der Waals surface area contributed by atoms with Crippen molar-refractivity contribution in [3.63, 3.8) is 0 Å². The number of aromatic hydroxyl groups is 1. The molecule has 0 heterocycles. The highest BCUT2D eigenvalue weighted by Crippen LogP contribution is 2.39. The first-order chi connectivity index (χ1) is 9.80. The molecule has 0 aliphatic carbocycles. The van der Waals surface area contributed by atoms with Crippen molar-refractivity contribution in [2.45, 2.75) is 39.7 Å². The predicted octanol–water partition coefficient (Wildman–Crippen LogP) is 4.24. The lowest BCUT2D eigenvalue weighted by Crippen LogP contribution is -2.33. The molecular weight excluding hydrogens is 260 g/mol. The van der Waals surface area contributed by atoms with Gasteiger partial charge in [-0.25, -0.2) is 0 Å². The van der Waals surface area contributed by atoms with Crippen LogP contribution in [0.1, 0.15) is 43.4 Å². The fraction of sp³-hybridized carbons (Fsp3) is 0.368. The molecule has 2 aromatic carbocycles. The first-order valence-corrected chi connectivity index (χ1v) is 7.33. The van der Waals surface area contributed by atoms with Crippen molar-refractivity contribution in [2.75, 3.05) is 0 Å². The Kier molecular flexibility index (Phi) is 4.38. The highest BCUT2D eigenvalue weighted by molar-refractivity contribution is 5.43. The molecule has 0 aliphatic rings. The van der Waals surface area contributed by atoms with E-state index in [1.165, 1.54) is 5.56 Å². The van der Waals surface area contributed by atoms with E-state index in [1.807, 2.05) is 64.1 Å². The molecule has 0 amide bonds. The van der Waals surface area contributed by atoms with Gasteiger partial charge in [-0.15, -0.1) is 0 Å². The molecule has 0 saturated heterocycles. The fourth-order valence-corrected chi connectivity index (χ4v) is 2.56. The summed E-state index contributed by atoms with van der Waals surface area (Å²) < 4.78 is 0. The van der Waals surface area contributed by atoms with Crippen LogP contribution in [0.3, 0.4) is 0 Å². The number of phenolic OH excluding ortho intramolecular Hbond substituents is 1. The van der Waals surface area contributed by atoms with Crippen molar-refractivity contribution in [3.8, 4) is 5.75 Å². The number of benzene rings is 2. The van der Waals surface area contributed by atoms with Gasteiger partial charge < -0.3 is 10.2 Å². The number of aliphatic hydroxyl groups is 1. The van der Waals surface area contributed by atoms with Gasteiger partial charge in [-0.2, -0.15) is 0 Å². The van der Waals surface area contributed by atoms with Crippen LogP contribution in [-0.4, -0.2) is 16.3 Å². The molecule has 0 fully saturated rings. The lowest BCUT2D eigenvalue weighted by atomic mass is 9.75. The minimum absolute atomic E-state index is 0.228. The summed E-state index contributed by atoms with van der Waals surface area (Å²) in [4.78, 5) is 0. The number of aliphatic hydroxyl groups excluding tert-OH is 1. The van der Waals surface area contributed by atoms with E-state index in [-0.39, 0.29) is 17.1 Å². The summed E-state index contributed by atoms with van der Waals surface area (Å²) in [5.41, 5.74) is 2.69. The van der Waals surface area contributed by atoms with Crippen LogP contribution in [0.4, 0.5) is 0 Å². The van der Waals surface area contributed by atoms with Gasteiger partial charge in [-0.05, 0) is 24.0 Å². The van der Waals surface area contributed by atoms with E-state index in [4.69, 9.17) is 0 Å². The third kappa shape index (κ3) is 3.45. The quantitative estimate of drug-likeness (QED) is 0.885. The second-order valence-corrected chi connectivity index (χ2v) is 6.76. The number of hydrogen-bond donors (Lipinski definition) is 2. The van der Waals surface area contributed by atoms with E-state index in [0.29, 0.717) is 0 Å². The monoisotopic (exact) mass is 284 g/mol. The Hall–Kier alpha value is -1.80. The van der Waals surface area contributed by atoms with Crippen LogP contribution in [0, 0.1) is 12.3 Å². The average molecular weight is 284 g/mol. The summed E-state index contributed by atoms with van der Waals surface area (Å²) >= 11 is 0. The van der Waals surface area contributed by atoms with Gasteiger partial charge >= 0.3 is 0 Å². The van der Waals surface area contributed by atoms with Gasteiger partial charge in [0.1, 0.15) is 5.75 Å². The topological polar surface area (TPSA) is 40.5 Å². The average Bonchev–Trinajstić information content (AvgIpc) is 2.42. The first-order valence-electron chi connectivity index (χ1n) is 7.33. The van der Waals surface area contributed by atoms with Gasteiger partial charge in [0.05, 0.1) is 6.10 Å². The van der Waals surface area contributed by atoms with Crippen LogP contribution in [0.15, 0.2) is 48.5 Å². The molecule has 21 heavy (non-hydrogen) atoms. The number of rotatable bonds is 3. The Morgan fingerprint density at radius 1 is 0.905 bits per heavy atom. The van der Waals surface area contributed by atoms with Gasteiger partial charge in [-0.3, -0.25) is 0 Å². The molecule has 2 rings (SSSR count). The normalized spacial score (nSPS) is 14.7. The summed E-state index contributed by atoms with van der Waals surface area (Å²) in [7, 11) is 0. The van der Waals surface area contributed by atoms with Gasteiger partial charge in [0.2, 0.25) is 0 Å². The van der Waals surface area contributed by atoms with Crippen molar-refractivity contribution in [2.24, 2.45) is 5.41 Å². The Labute approximate surface area is 127 Å². The lowest BCUT2D eigenvalue weighted by molar-refractivity contribution is 0.0484. The van der Waals surface area contributed by atoms with E-state index < -0.39 is 6.10 Å². The van der Waals surface area contributed by atoms with Crippen LogP contribution in [-0.2, 0) is 0 Å². The zero-order valence-electron chi connectivity index (χ0n) is 13.2. The molecule has 0 radical (unpaired) electrons. The zero-order chi connectivity index (χ0) is 15.6. The summed E-state index contributed by atoms with van der Waals surface area (Å²) in [5.74, 6) is -0.0156. The Morgan fingerprint density at radius 3 is 2.00 bits per heavy atom. The summed E-state index contributed by atoms with van der Waals surface area (Å²) in [6.07, 6.45) is -0.589. The molecule has 2 aromatic rings. The van der Waals surface area contributed by atoms with E-state index in [0.717, 1.165) is 11.1 Å². The highest BCUT2D eigenvalue weighted by atomic mass is 16.3. The minimum Gasteiger partial charge on any atom is -0.508 e. The maximum atomic E-state index is 10.8. The van der Waals surface area contributed by atoms with Crippen molar-refractivity contribution in [1.29, 1.82) is 0 Å². The van der Waals surface area contributed by atoms with Crippen LogP contribution in [0.2, 0.25) is 0 Å². The standard InChI is InChI=1S/C19H24O2/c1-13-9-11-14(12-10-13)17(18(21)19(2,3)4)15-7-5-6-8-16(15)20/h5-12,17-18,20-21H,1-4H3/t17-,18-/m0/s1.